The zero-order chi connectivity index (χ0) is 25.4. The highest BCUT2D eigenvalue weighted by Gasteiger charge is 2.50. The molecule has 2 fully saturated rings. The third kappa shape index (κ3) is 4.86. The number of aromatic nitrogens is 4. The van der Waals surface area contributed by atoms with Crippen LogP contribution in [-0.4, -0.2) is 63.1 Å². The minimum absolute atomic E-state index is 0.337. The lowest BCUT2D eigenvalue weighted by molar-refractivity contribution is -0.0712. The molecule has 1 saturated heterocycles. The van der Waals surface area contributed by atoms with E-state index in [2.05, 4.69) is 24.8 Å². The fourth-order valence-corrected chi connectivity index (χ4v) is 5.84. The molecule has 3 aromatic heterocycles. The zero-order valence-corrected chi connectivity index (χ0v) is 21.1. The first-order valence-electron chi connectivity index (χ1n) is 13.0. The molecule has 6 rings (SSSR count). The van der Waals surface area contributed by atoms with Gasteiger partial charge in [0, 0.05) is 42.0 Å². The number of H-pyrrole nitrogens is 1. The molecule has 1 saturated carbocycles. The van der Waals surface area contributed by atoms with Crippen LogP contribution in [0.15, 0.2) is 55.0 Å². The summed E-state index contributed by atoms with van der Waals surface area (Å²) in [6.07, 6.45) is 7.49. The van der Waals surface area contributed by atoms with E-state index in [4.69, 9.17) is 10.5 Å². The predicted octanol–water partition coefficient (Wildman–Crippen LogP) is 4.36. The van der Waals surface area contributed by atoms with Gasteiger partial charge in [0.15, 0.2) is 0 Å². The third-order valence-electron chi connectivity index (χ3n) is 7.58. The Kier molecular flexibility index (Phi) is 6.22. The molecule has 0 atom stereocenters. The summed E-state index contributed by atoms with van der Waals surface area (Å²) in [7, 11) is 0. The molecule has 0 unspecified atom stereocenters. The van der Waals surface area contributed by atoms with Crippen LogP contribution in [0, 0.1) is 12.3 Å². The van der Waals surface area contributed by atoms with Gasteiger partial charge in [-0.25, -0.2) is 9.78 Å². The molecule has 0 radical (unpaired) electrons. The molecule has 8 heteroatoms. The number of ether oxygens (including phenoxy) is 1. The summed E-state index contributed by atoms with van der Waals surface area (Å²) in [5.74, 6) is -0.337. The number of pyridine rings is 2. The van der Waals surface area contributed by atoms with Crippen molar-refractivity contribution in [2.45, 2.75) is 38.6 Å². The number of carbonyl (C=O) groups excluding carboxylic acids is 1. The Morgan fingerprint density at radius 2 is 2.03 bits per heavy atom. The first kappa shape index (κ1) is 23.8. The number of aromatic amines is 1. The minimum Gasteiger partial charge on any atom is -0.462 e. The molecule has 1 aliphatic carbocycles. The Morgan fingerprint density at radius 3 is 2.84 bits per heavy atom. The molecule has 0 bridgehead atoms. The molecule has 1 aliphatic heterocycles. The minimum atomic E-state index is -0.337. The highest BCUT2D eigenvalue weighted by Crippen LogP contribution is 2.47. The number of nitrogens with two attached hydrogens (primary N) is 1. The number of hydrogen-bond donors (Lipinski definition) is 2. The van der Waals surface area contributed by atoms with Crippen molar-refractivity contribution in [1.82, 2.24) is 24.8 Å². The second-order valence-corrected chi connectivity index (χ2v) is 10.6. The van der Waals surface area contributed by atoms with Crippen molar-refractivity contribution in [1.29, 1.82) is 0 Å². The highest BCUT2D eigenvalue weighted by molar-refractivity contribution is 5.95. The Bertz CT molecular complexity index is 1430. The number of aryl methyl sites for hydroxylation is 1. The molecule has 37 heavy (non-hydrogen) atoms. The summed E-state index contributed by atoms with van der Waals surface area (Å²) in [5, 5.41) is 0.862. The molecule has 190 valence electrons. The van der Waals surface area contributed by atoms with Gasteiger partial charge >= 0.3 is 5.97 Å². The SMILES string of the molecule is Cc1cccc(-c2[nH]cnc2-c2ccc3ncc(C(=O)OCCCCN4CC5(CC(N)C5)C4)cc3c2)n1. The Balaban J connectivity index is 1.07. The van der Waals surface area contributed by atoms with Gasteiger partial charge in [-0.15, -0.1) is 0 Å². The molecule has 0 amide bonds. The first-order chi connectivity index (χ1) is 18.0. The maximum Gasteiger partial charge on any atom is 0.339 e. The quantitative estimate of drug-likeness (QED) is 0.276. The maximum absolute atomic E-state index is 12.7. The van der Waals surface area contributed by atoms with Crippen LogP contribution in [0.5, 0.6) is 0 Å². The average Bonchev–Trinajstić information content (AvgIpc) is 3.35. The van der Waals surface area contributed by atoms with Gasteiger partial charge in [0.1, 0.15) is 0 Å². The number of esters is 1. The van der Waals surface area contributed by atoms with E-state index >= 15 is 0 Å². The predicted molar refractivity (Wildman–Crippen MR) is 143 cm³/mol. The Hall–Kier alpha value is -3.62. The van der Waals surface area contributed by atoms with Crippen LogP contribution < -0.4 is 5.73 Å². The van der Waals surface area contributed by atoms with Crippen molar-refractivity contribution in [2.75, 3.05) is 26.2 Å². The van der Waals surface area contributed by atoms with Gasteiger partial charge in [-0.1, -0.05) is 12.1 Å². The Morgan fingerprint density at radius 1 is 1.16 bits per heavy atom. The lowest BCUT2D eigenvalue weighted by atomic mass is 9.61. The molecule has 1 aromatic carbocycles. The second kappa shape index (κ2) is 9.68. The standard InChI is InChI=1S/C29H32N6O2/c1-19-5-4-6-25(34-19)27-26(32-18-33-27)20-7-8-24-21(11-20)12-22(15-31-24)28(36)37-10-3-2-9-35-16-29(17-35)13-23(30)14-29/h4-8,11-12,15,18,23H,2-3,9-10,13-14,16-17,30H2,1H3,(H,32,33). The summed E-state index contributed by atoms with van der Waals surface area (Å²) in [6.45, 7) is 5.79. The first-order valence-corrected chi connectivity index (χ1v) is 13.0. The van der Waals surface area contributed by atoms with Gasteiger partial charge in [0.05, 0.1) is 41.1 Å². The van der Waals surface area contributed by atoms with E-state index in [-0.39, 0.29) is 5.97 Å². The van der Waals surface area contributed by atoms with Gasteiger partial charge < -0.3 is 20.4 Å². The second-order valence-electron chi connectivity index (χ2n) is 10.6. The molecule has 2 aliphatic rings. The lowest BCUT2D eigenvalue weighted by Gasteiger charge is -2.58. The smallest absolute Gasteiger partial charge is 0.339 e. The molecule has 4 heterocycles. The zero-order valence-electron chi connectivity index (χ0n) is 21.1. The van der Waals surface area contributed by atoms with Gasteiger partial charge in [-0.2, -0.15) is 0 Å². The molecule has 1 spiro atoms. The monoisotopic (exact) mass is 496 g/mol. The van der Waals surface area contributed by atoms with Crippen LogP contribution in [-0.2, 0) is 4.74 Å². The van der Waals surface area contributed by atoms with Crippen LogP contribution in [0.25, 0.3) is 33.5 Å². The van der Waals surface area contributed by atoms with Crippen LogP contribution in [0.4, 0.5) is 0 Å². The molecular formula is C29H32N6O2. The van der Waals surface area contributed by atoms with Crippen LogP contribution in [0.1, 0.15) is 41.7 Å². The molecule has 4 aromatic rings. The van der Waals surface area contributed by atoms with Gasteiger partial charge in [0.2, 0.25) is 0 Å². The summed E-state index contributed by atoms with van der Waals surface area (Å²) in [5.41, 5.74) is 12.1. The summed E-state index contributed by atoms with van der Waals surface area (Å²) >= 11 is 0. The normalized spacial score (nSPS) is 17.0. The highest BCUT2D eigenvalue weighted by atomic mass is 16.5. The van der Waals surface area contributed by atoms with Crippen LogP contribution in [0.3, 0.4) is 0 Å². The van der Waals surface area contributed by atoms with E-state index in [9.17, 15) is 4.79 Å². The number of imidazole rings is 1. The maximum atomic E-state index is 12.7. The Labute approximate surface area is 216 Å². The number of carbonyl (C=O) groups is 1. The number of nitrogens with zero attached hydrogens (tertiary/aromatic N) is 4. The summed E-state index contributed by atoms with van der Waals surface area (Å²) in [6, 6.07) is 14.1. The fraction of sp³-hybridized carbons (Fsp3) is 0.379. The van der Waals surface area contributed by atoms with Crippen LogP contribution >= 0.6 is 0 Å². The topological polar surface area (TPSA) is 110 Å². The number of rotatable bonds is 8. The van der Waals surface area contributed by atoms with Gasteiger partial charge in [-0.05, 0) is 74.9 Å². The van der Waals surface area contributed by atoms with E-state index in [1.165, 1.54) is 25.9 Å². The molecular weight excluding hydrogens is 464 g/mol. The van der Waals surface area contributed by atoms with Crippen molar-refractivity contribution in [2.24, 2.45) is 11.1 Å². The largest absolute Gasteiger partial charge is 0.462 e. The average molecular weight is 497 g/mol. The summed E-state index contributed by atoms with van der Waals surface area (Å²) < 4.78 is 5.55. The molecule has 3 N–H and O–H groups in total. The number of hydrogen-bond acceptors (Lipinski definition) is 7. The van der Waals surface area contributed by atoms with Gasteiger partial charge in [-0.3, -0.25) is 9.97 Å². The summed E-state index contributed by atoms with van der Waals surface area (Å²) in [4.78, 5) is 32.0. The fourth-order valence-electron chi connectivity index (χ4n) is 5.84. The van der Waals surface area contributed by atoms with Crippen molar-refractivity contribution in [3.8, 4) is 22.6 Å². The van der Waals surface area contributed by atoms with Gasteiger partial charge in [0.25, 0.3) is 0 Å². The van der Waals surface area contributed by atoms with Crippen molar-refractivity contribution in [3.05, 3.63) is 66.2 Å². The number of benzene rings is 1. The van der Waals surface area contributed by atoms with E-state index in [0.29, 0.717) is 23.6 Å². The van der Waals surface area contributed by atoms with E-state index in [0.717, 1.165) is 58.6 Å². The van der Waals surface area contributed by atoms with Crippen molar-refractivity contribution >= 4 is 16.9 Å². The van der Waals surface area contributed by atoms with Crippen molar-refractivity contribution in [3.63, 3.8) is 0 Å². The molecule has 8 nitrogen and oxygen atoms in total. The van der Waals surface area contributed by atoms with E-state index in [1.54, 1.807) is 12.5 Å². The van der Waals surface area contributed by atoms with E-state index < -0.39 is 0 Å². The number of likely N-dealkylation sites (tertiary alicyclic amines) is 1. The van der Waals surface area contributed by atoms with Crippen LogP contribution in [0.2, 0.25) is 0 Å². The third-order valence-corrected chi connectivity index (χ3v) is 7.58. The van der Waals surface area contributed by atoms with Crippen molar-refractivity contribution < 1.29 is 9.53 Å². The number of fused-ring (bicyclic) bond motifs is 1. The lowest BCUT2D eigenvalue weighted by Crippen LogP contribution is -2.65. The number of unbranched alkanes of at least 4 members (excludes halogenated alkanes) is 1. The van der Waals surface area contributed by atoms with E-state index in [1.807, 2.05) is 49.4 Å². The number of nitrogens with one attached hydrogen (secondary N) is 1.